The molecule has 0 saturated carbocycles. The van der Waals surface area contributed by atoms with E-state index < -0.39 is 0 Å². The Morgan fingerprint density at radius 1 is 1.22 bits per heavy atom. The van der Waals surface area contributed by atoms with Crippen LogP contribution >= 0.6 is 11.8 Å². The van der Waals surface area contributed by atoms with E-state index in [2.05, 4.69) is 20.8 Å². The lowest BCUT2D eigenvalue weighted by atomic mass is 10.2. The summed E-state index contributed by atoms with van der Waals surface area (Å²) < 4.78 is 7.07. The molecule has 0 aliphatic rings. The number of thioether (sulfide) groups is 1. The highest BCUT2D eigenvalue weighted by Crippen LogP contribution is 2.20. The monoisotopic (exact) mass is 383 g/mol. The maximum absolute atomic E-state index is 12.1. The molecule has 7 nitrogen and oxygen atoms in total. The van der Waals surface area contributed by atoms with Crippen molar-refractivity contribution >= 4 is 23.4 Å². The summed E-state index contributed by atoms with van der Waals surface area (Å²) in [4.78, 5) is 12.1. The van der Waals surface area contributed by atoms with Crippen molar-refractivity contribution in [2.45, 2.75) is 25.4 Å². The smallest absolute Gasteiger partial charge is 0.225 e. The topological polar surface area (TPSA) is 81.9 Å². The van der Waals surface area contributed by atoms with Crippen molar-refractivity contribution in [3.8, 4) is 11.4 Å². The molecule has 1 N–H and O–H groups in total. The molecule has 0 unspecified atom stereocenters. The summed E-state index contributed by atoms with van der Waals surface area (Å²) in [6, 6.07) is 15.3. The molecule has 3 rings (SSSR count). The van der Waals surface area contributed by atoms with E-state index in [1.54, 1.807) is 4.68 Å². The molecule has 0 saturated heterocycles. The minimum absolute atomic E-state index is 0.0544. The summed E-state index contributed by atoms with van der Waals surface area (Å²) in [7, 11) is 0. The average Bonchev–Trinajstić information content (AvgIpc) is 3.12. The molecule has 3 aromatic rings. The van der Waals surface area contributed by atoms with Crippen molar-refractivity contribution in [1.29, 1.82) is 0 Å². The van der Waals surface area contributed by atoms with Gasteiger partial charge in [0.2, 0.25) is 11.1 Å². The van der Waals surface area contributed by atoms with E-state index in [0.717, 1.165) is 22.7 Å². The van der Waals surface area contributed by atoms with E-state index >= 15 is 0 Å². The van der Waals surface area contributed by atoms with Gasteiger partial charge in [0.25, 0.3) is 0 Å². The van der Waals surface area contributed by atoms with Crippen LogP contribution < -0.4 is 10.1 Å². The number of hydrogen-bond donors (Lipinski definition) is 1. The first kappa shape index (κ1) is 18.9. The van der Waals surface area contributed by atoms with E-state index in [0.29, 0.717) is 23.9 Å². The van der Waals surface area contributed by atoms with Crippen LogP contribution in [0.15, 0.2) is 53.7 Å². The zero-order valence-corrected chi connectivity index (χ0v) is 16.1. The van der Waals surface area contributed by atoms with Gasteiger partial charge in [0.05, 0.1) is 12.3 Å². The quantitative estimate of drug-likeness (QED) is 0.600. The fraction of sp³-hybridized carbons (Fsp3) is 0.263. The van der Waals surface area contributed by atoms with Crippen molar-refractivity contribution in [2.75, 3.05) is 17.7 Å². The van der Waals surface area contributed by atoms with Crippen molar-refractivity contribution in [3.05, 3.63) is 54.1 Å². The van der Waals surface area contributed by atoms with Crippen LogP contribution in [-0.4, -0.2) is 38.5 Å². The number of aromatic nitrogens is 4. The Labute approximate surface area is 162 Å². The summed E-state index contributed by atoms with van der Waals surface area (Å²) in [6.45, 7) is 4.57. The van der Waals surface area contributed by atoms with Gasteiger partial charge in [0.1, 0.15) is 5.75 Å². The molecular weight excluding hydrogens is 362 g/mol. The third-order valence-corrected chi connectivity index (χ3v) is 4.62. The number of aryl methyl sites for hydroxylation is 1. The molecule has 0 fully saturated rings. The van der Waals surface area contributed by atoms with Gasteiger partial charge in [0.15, 0.2) is 0 Å². The highest BCUT2D eigenvalue weighted by atomic mass is 32.2. The number of anilines is 1. The highest BCUT2D eigenvalue weighted by Gasteiger charge is 2.10. The van der Waals surface area contributed by atoms with Gasteiger partial charge < -0.3 is 10.1 Å². The van der Waals surface area contributed by atoms with Gasteiger partial charge in [-0.25, -0.2) is 0 Å². The first-order valence-corrected chi connectivity index (χ1v) is 9.65. The van der Waals surface area contributed by atoms with Gasteiger partial charge in [-0.1, -0.05) is 23.9 Å². The maximum atomic E-state index is 12.1. The van der Waals surface area contributed by atoms with Crippen LogP contribution in [0.3, 0.4) is 0 Å². The molecule has 0 atom stereocenters. The van der Waals surface area contributed by atoms with Crippen LogP contribution in [-0.2, 0) is 4.79 Å². The number of carbonyl (C=O) groups is 1. The number of benzene rings is 2. The predicted molar refractivity (Wildman–Crippen MR) is 105 cm³/mol. The van der Waals surface area contributed by atoms with Crippen LogP contribution in [0.25, 0.3) is 5.69 Å². The van der Waals surface area contributed by atoms with Gasteiger partial charge in [-0.2, -0.15) is 4.68 Å². The number of nitrogens with one attached hydrogen (secondary N) is 1. The van der Waals surface area contributed by atoms with E-state index in [9.17, 15) is 4.79 Å². The summed E-state index contributed by atoms with van der Waals surface area (Å²) in [5.41, 5.74) is 2.79. The second-order valence-corrected chi connectivity index (χ2v) is 6.88. The molecule has 0 aliphatic heterocycles. The number of carbonyl (C=O) groups excluding carboxylic acids is 1. The van der Waals surface area contributed by atoms with E-state index in [-0.39, 0.29) is 5.91 Å². The van der Waals surface area contributed by atoms with Crippen molar-refractivity contribution in [3.63, 3.8) is 0 Å². The molecule has 0 bridgehead atoms. The van der Waals surface area contributed by atoms with Crippen LogP contribution in [0.2, 0.25) is 0 Å². The number of ether oxygens (including phenoxy) is 1. The lowest BCUT2D eigenvalue weighted by Crippen LogP contribution is -2.12. The Morgan fingerprint density at radius 2 is 2.04 bits per heavy atom. The SMILES string of the molecule is CCOc1ccc(NC(=O)CCSc2nnnn2-c2cccc(C)c2)cc1. The summed E-state index contributed by atoms with van der Waals surface area (Å²) >= 11 is 1.45. The fourth-order valence-corrected chi connectivity index (χ4v) is 3.28. The van der Waals surface area contributed by atoms with Crippen LogP contribution in [0.4, 0.5) is 5.69 Å². The first-order valence-electron chi connectivity index (χ1n) is 8.66. The molecule has 1 aromatic heterocycles. The largest absolute Gasteiger partial charge is 0.494 e. The van der Waals surface area contributed by atoms with Crippen LogP contribution in [0.1, 0.15) is 18.9 Å². The van der Waals surface area contributed by atoms with Gasteiger partial charge in [-0.15, -0.1) is 5.10 Å². The number of tetrazole rings is 1. The zero-order chi connectivity index (χ0) is 19.1. The fourth-order valence-electron chi connectivity index (χ4n) is 2.45. The van der Waals surface area contributed by atoms with E-state index in [1.807, 2.05) is 62.4 Å². The third-order valence-electron chi connectivity index (χ3n) is 3.70. The lowest BCUT2D eigenvalue weighted by molar-refractivity contribution is -0.115. The second-order valence-electron chi connectivity index (χ2n) is 5.82. The number of rotatable bonds is 8. The molecular formula is C19H21N5O2S. The molecule has 1 amide bonds. The molecule has 0 spiro atoms. The lowest BCUT2D eigenvalue weighted by Gasteiger charge is -2.07. The number of hydrogen-bond acceptors (Lipinski definition) is 6. The molecule has 140 valence electrons. The highest BCUT2D eigenvalue weighted by molar-refractivity contribution is 7.99. The molecule has 2 aromatic carbocycles. The van der Waals surface area contributed by atoms with Crippen LogP contribution in [0, 0.1) is 6.92 Å². The van der Waals surface area contributed by atoms with Crippen molar-refractivity contribution in [2.24, 2.45) is 0 Å². The standard InChI is InChI=1S/C19H21N5O2S/c1-3-26-17-9-7-15(8-10-17)20-18(25)11-12-27-19-21-22-23-24(19)16-6-4-5-14(2)13-16/h4-10,13H,3,11-12H2,1-2H3,(H,20,25). The molecule has 1 heterocycles. The van der Waals surface area contributed by atoms with Crippen LogP contribution in [0.5, 0.6) is 5.75 Å². The van der Waals surface area contributed by atoms with E-state index in [1.165, 1.54) is 11.8 Å². The van der Waals surface area contributed by atoms with Gasteiger partial charge in [0, 0.05) is 17.9 Å². The van der Waals surface area contributed by atoms with Gasteiger partial charge in [-0.3, -0.25) is 4.79 Å². The summed E-state index contributed by atoms with van der Waals surface area (Å²) in [5, 5.41) is 15.4. The van der Waals surface area contributed by atoms with E-state index in [4.69, 9.17) is 4.74 Å². The normalized spacial score (nSPS) is 10.6. The number of nitrogens with zero attached hydrogens (tertiary/aromatic N) is 4. The van der Waals surface area contributed by atoms with Crippen molar-refractivity contribution in [1.82, 2.24) is 20.2 Å². The summed E-state index contributed by atoms with van der Waals surface area (Å²) in [5.74, 6) is 1.31. The van der Waals surface area contributed by atoms with Crippen molar-refractivity contribution < 1.29 is 9.53 Å². The minimum atomic E-state index is -0.0544. The Bertz CT molecular complexity index is 895. The van der Waals surface area contributed by atoms with Gasteiger partial charge in [-0.05, 0) is 66.2 Å². The summed E-state index contributed by atoms with van der Waals surface area (Å²) in [6.07, 6.45) is 0.360. The Kier molecular flexibility index (Phi) is 6.43. The molecule has 27 heavy (non-hydrogen) atoms. The zero-order valence-electron chi connectivity index (χ0n) is 15.3. The average molecular weight is 383 g/mol. The van der Waals surface area contributed by atoms with Gasteiger partial charge >= 0.3 is 0 Å². The molecule has 0 aliphatic carbocycles. The predicted octanol–water partition coefficient (Wildman–Crippen LogP) is 3.49. The Morgan fingerprint density at radius 3 is 2.78 bits per heavy atom. The maximum Gasteiger partial charge on any atom is 0.225 e. The molecule has 8 heteroatoms. The number of amides is 1. The molecule has 0 radical (unpaired) electrons. The Balaban J connectivity index is 1.51. The minimum Gasteiger partial charge on any atom is -0.494 e. The first-order chi connectivity index (χ1) is 13.2. The second kappa shape index (κ2) is 9.18. The third kappa shape index (κ3) is 5.30. The Hall–Kier alpha value is -2.87.